The van der Waals surface area contributed by atoms with Crippen LogP contribution in [-0.4, -0.2) is 29.6 Å². The topological polar surface area (TPSA) is 73.3 Å². The van der Waals surface area contributed by atoms with Crippen LogP contribution < -0.4 is 5.32 Å². The molecular formula is C18H15N3O2. The number of carbonyl (C=O) groups excluding carboxylic acids is 2. The van der Waals surface area contributed by atoms with Crippen molar-refractivity contribution in [2.45, 2.75) is 0 Å². The summed E-state index contributed by atoms with van der Waals surface area (Å²) in [5.74, 6) is -1.09. The third kappa shape index (κ3) is 2.53. The van der Waals surface area contributed by atoms with E-state index in [1.165, 1.54) is 6.08 Å². The Kier molecular flexibility index (Phi) is 3.76. The van der Waals surface area contributed by atoms with Gasteiger partial charge in [0.05, 0.1) is 11.1 Å². The summed E-state index contributed by atoms with van der Waals surface area (Å²) in [7, 11) is 1.73. The molecule has 0 unspecified atom stereocenters. The lowest BCUT2D eigenvalue weighted by Crippen LogP contribution is -2.35. The van der Waals surface area contributed by atoms with Gasteiger partial charge < -0.3 is 5.32 Å². The summed E-state index contributed by atoms with van der Waals surface area (Å²) in [4.78, 5) is 25.6. The van der Waals surface area contributed by atoms with Crippen molar-refractivity contribution in [2.24, 2.45) is 0 Å². The van der Waals surface area contributed by atoms with E-state index in [0.29, 0.717) is 16.8 Å². The number of benzene rings is 2. The monoisotopic (exact) mass is 305 g/mol. The molecule has 2 N–H and O–H groups in total. The second-order valence-electron chi connectivity index (χ2n) is 5.05. The van der Waals surface area contributed by atoms with E-state index in [1.807, 2.05) is 30.3 Å². The van der Waals surface area contributed by atoms with E-state index >= 15 is 0 Å². The van der Waals surface area contributed by atoms with Gasteiger partial charge in [0, 0.05) is 18.8 Å². The lowest BCUT2D eigenvalue weighted by molar-refractivity contribution is 0.0749. The molecule has 1 aliphatic rings. The smallest absolute Gasteiger partial charge is 0.267 e. The van der Waals surface area contributed by atoms with E-state index in [2.05, 4.69) is 5.32 Å². The first-order valence-electron chi connectivity index (χ1n) is 7.14. The Morgan fingerprint density at radius 2 is 1.48 bits per heavy atom. The van der Waals surface area contributed by atoms with Crippen LogP contribution in [0.15, 0.2) is 60.7 Å². The molecule has 5 nitrogen and oxygen atoms in total. The molecule has 0 atom stereocenters. The number of imide groups is 1. The number of hydrogen-bond acceptors (Lipinski definition) is 4. The number of nitrogens with one attached hydrogen (secondary N) is 2. The second kappa shape index (κ2) is 5.88. The Labute approximate surface area is 133 Å². The van der Waals surface area contributed by atoms with Crippen LogP contribution in [0.5, 0.6) is 0 Å². The first-order valence-corrected chi connectivity index (χ1v) is 7.14. The summed E-state index contributed by atoms with van der Waals surface area (Å²) < 4.78 is 0. The molecule has 0 aromatic heterocycles. The number of carbonyl (C=O) groups is 2. The van der Waals surface area contributed by atoms with Crippen molar-refractivity contribution in [1.82, 2.24) is 10.2 Å². The zero-order valence-electron chi connectivity index (χ0n) is 12.5. The fourth-order valence-corrected chi connectivity index (χ4v) is 2.53. The first-order chi connectivity index (χ1) is 11.1. The number of nitrogens with zero attached hydrogens (tertiary/aromatic N) is 1. The number of amidine groups is 1. The van der Waals surface area contributed by atoms with Gasteiger partial charge in [-0.3, -0.25) is 15.0 Å². The predicted octanol–water partition coefficient (Wildman–Crippen LogP) is 2.52. The van der Waals surface area contributed by atoms with Crippen LogP contribution in [0.1, 0.15) is 26.3 Å². The van der Waals surface area contributed by atoms with Gasteiger partial charge in [0.2, 0.25) is 0 Å². The van der Waals surface area contributed by atoms with Gasteiger partial charge in [-0.2, -0.15) is 0 Å². The number of hydrogen-bond donors (Lipinski definition) is 2. The normalized spacial score (nSPS) is 14.0. The standard InChI is InChI=1S/C18H15N3O2/c1-20-15(12-7-3-2-4-8-12)11-16(19)21-17(22)13-9-5-6-10-14(13)18(21)23/h2-11,19-20H,1H3/b15-11-,19-16?. The molecule has 3 rings (SSSR count). The van der Waals surface area contributed by atoms with E-state index in [9.17, 15) is 9.59 Å². The molecule has 0 radical (unpaired) electrons. The van der Waals surface area contributed by atoms with E-state index < -0.39 is 11.8 Å². The van der Waals surface area contributed by atoms with Crippen molar-refractivity contribution in [3.63, 3.8) is 0 Å². The molecule has 5 heteroatoms. The van der Waals surface area contributed by atoms with E-state index in [0.717, 1.165) is 10.5 Å². The molecule has 0 bridgehead atoms. The van der Waals surface area contributed by atoms with Crippen molar-refractivity contribution in [3.05, 3.63) is 77.4 Å². The Bertz CT molecular complexity index is 790. The maximum atomic E-state index is 12.4. The van der Waals surface area contributed by atoms with Crippen molar-refractivity contribution in [1.29, 1.82) is 5.41 Å². The lowest BCUT2D eigenvalue weighted by Gasteiger charge is -2.14. The number of amides is 2. The lowest BCUT2D eigenvalue weighted by atomic mass is 10.1. The highest BCUT2D eigenvalue weighted by molar-refractivity contribution is 6.31. The van der Waals surface area contributed by atoms with Crippen LogP contribution in [0.4, 0.5) is 0 Å². The Hall–Kier alpha value is -3.21. The highest BCUT2D eigenvalue weighted by Crippen LogP contribution is 2.23. The molecule has 23 heavy (non-hydrogen) atoms. The molecule has 1 heterocycles. The Morgan fingerprint density at radius 1 is 0.957 bits per heavy atom. The van der Waals surface area contributed by atoms with Crippen LogP contribution in [0.2, 0.25) is 0 Å². The summed E-state index contributed by atoms with van der Waals surface area (Å²) in [6, 6.07) is 16.0. The zero-order valence-corrected chi connectivity index (χ0v) is 12.5. The SMILES string of the molecule is CN/C(=C\C(=N)N1C(=O)c2ccccc2C1=O)c1ccccc1. The third-order valence-electron chi connectivity index (χ3n) is 3.67. The molecule has 0 saturated carbocycles. The van der Waals surface area contributed by atoms with Gasteiger partial charge in [0.25, 0.3) is 11.8 Å². The van der Waals surface area contributed by atoms with Gasteiger partial charge in [-0.05, 0) is 17.7 Å². The van der Waals surface area contributed by atoms with E-state index in [4.69, 9.17) is 5.41 Å². The Morgan fingerprint density at radius 3 is 2.00 bits per heavy atom. The Balaban J connectivity index is 1.94. The molecule has 0 saturated heterocycles. The quantitative estimate of drug-likeness (QED) is 0.520. The average molecular weight is 305 g/mol. The maximum absolute atomic E-state index is 12.4. The number of fused-ring (bicyclic) bond motifs is 1. The van der Waals surface area contributed by atoms with Crippen molar-refractivity contribution in [3.8, 4) is 0 Å². The van der Waals surface area contributed by atoms with E-state index in [1.54, 1.807) is 31.3 Å². The van der Waals surface area contributed by atoms with Gasteiger partial charge in [-0.1, -0.05) is 42.5 Å². The average Bonchev–Trinajstić information content (AvgIpc) is 2.85. The maximum Gasteiger partial charge on any atom is 0.267 e. The molecular weight excluding hydrogens is 290 g/mol. The summed E-state index contributed by atoms with van der Waals surface area (Å²) in [5.41, 5.74) is 2.20. The van der Waals surface area contributed by atoms with Gasteiger partial charge in [0.15, 0.2) is 0 Å². The zero-order chi connectivity index (χ0) is 16.4. The van der Waals surface area contributed by atoms with Crippen LogP contribution in [-0.2, 0) is 0 Å². The minimum absolute atomic E-state index is 0.163. The minimum atomic E-state index is -0.463. The summed E-state index contributed by atoms with van der Waals surface area (Å²) in [6.45, 7) is 0. The molecule has 114 valence electrons. The fraction of sp³-hybridized carbons (Fsp3) is 0.0556. The van der Waals surface area contributed by atoms with Crippen LogP contribution in [0.25, 0.3) is 5.70 Å². The molecule has 0 fully saturated rings. The van der Waals surface area contributed by atoms with Crippen LogP contribution in [0, 0.1) is 5.41 Å². The number of rotatable bonds is 3. The van der Waals surface area contributed by atoms with Crippen LogP contribution >= 0.6 is 0 Å². The predicted molar refractivity (Wildman–Crippen MR) is 88.1 cm³/mol. The second-order valence-corrected chi connectivity index (χ2v) is 5.05. The van der Waals surface area contributed by atoms with Gasteiger partial charge in [-0.25, -0.2) is 4.90 Å². The molecule has 2 aromatic rings. The fourth-order valence-electron chi connectivity index (χ4n) is 2.53. The molecule has 1 aliphatic heterocycles. The molecule has 2 amide bonds. The third-order valence-corrected chi connectivity index (χ3v) is 3.67. The van der Waals surface area contributed by atoms with Gasteiger partial charge in [-0.15, -0.1) is 0 Å². The molecule has 2 aromatic carbocycles. The minimum Gasteiger partial charge on any atom is -0.388 e. The highest BCUT2D eigenvalue weighted by atomic mass is 16.2. The summed E-state index contributed by atoms with van der Waals surface area (Å²) >= 11 is 0. The molecule has 0 spiro atoms. The van der Waals surface area contributed by atoms with Crippen molar-refractivity contribution >= 4 is 23.3 Å². The van der Waals surface area contributed by atoms with E-state index in [-0.39, 0.29) is 5.84 Å². The van der Waals surface area contributed by atoms with Crippen molar-refractivity contribution < 1.29 is 9.59 Å². The van der Waals surface area contributed by atoms with Crippen LogP contribution in [0.3, 0.4) is 0 Å². The van der Waals surface area contributed by atoms with Gasteiger partial charge in [0.1, 0.15) is 5.84 Å². The molecule has 0 aliphatic carbocycles. The summed E-state index contributed by atoms with van der Waals surface area (Å²) in [5, 5.41) is 11.2. The highest BCUT2D eigenvalue weighted by Gasteiger charge is 2.37. The van der Waals surface area contributed by atoms with Gasteiger partial charge >= 0.3 is 0 Å². The first kappa shape index (κ1) is 14.7. The van der Waals surface area contributed by atoms with Crippen molar-refractivity contribution in [2.75, 3.05) is 7.05 Å². The largest absolute Gasteiger partial charge is 0.388 e. The summed E-state index contributed by atoms with van der Waals surface area (Å²) in [6.07, 6.45) is 1.48.